The molecule has 1 fully saturated rings. The summed E-state index contributed by atoms with van der Waals surface area (Å²) in [4.78, 5) is 25.9. The van der Waals surface area contributed by atoms with Gasteiger partial charge in [-0.2, -0.15) is 4.31 Å². The first-order valence-electron chi connectivity index (χ1n) is 9.42. The van der Waals surface area contributed by atoms with E-state index in [2.05, 4.69) is 21.2 Å². The fraction of sp³-hybridized carbons (Fsp3) is 0.300. The number of hydrogen-bond acceptors (Lipinski definition) is 5. The highest BCUT2D eigenvalue weighted by Crippen LogP contribution is 2.31. The Labute approximate surface area is 183 Å². The number of halogens is 1. The van der Waals surface area contributed by atoms with Crippen molar-refractivity contribution in [3.05, 3.63) is 52.5 Å². The summed E-state index contributed by atoms with van der Waals surface area (Å²) in [5.41, 5.74) is 1.24. The molecule has 1 saturated heterocycles. The number of carbonyl (C=O) groups is 2. The number of carbonyl (C=O) groups excluding carboxylic acids is 2. The monoisotopic (exact) mass is 493 g/mol. The first kappa shape index (κ1) is 20.8. The van der Waals surface area contributed by atoms with Crippen molar-refractivity contribution in [3.8, 4) is 5.75 Å². The summed E-state index contributed by atoms with van der Waals surface area (Å²) < 4.78 is 33.6. The number of nitrogens with zero attached hydrogens (tertiary/aromatic N) is 2. The summed E-state index contributed by atoms with van der Waals surface area (Å²) in [6, 6.07) is 12.0. The van der Waals surface area contributed by atoms with Crippen LogP contribution in [-0.2, 0) is 26.0 Å². The van der Waals surface area contributed by atoms with E-state index in [1.165, 1.54) is 16.4 Å². The molecule has 0 aromatic heterocycles. The van der Waals surface area contributed by atoms with E-state index in [1.807, 2.05) is 24.3 Å². The average molecular weight is 494 g/mol. The topological polar surface area (TPSA) is 96.0 Å². The highest BCUT2D eigenvalue weighted by molar-refractivity contribution is 9.10. The minimum absolute atomic E-state index is 0.0346. The molecule has 1 N–H and O–H groups in total. The van der Waals surface area contributed by atoms with Gasteiger partial charge in [-0.3, -0.25) is 9.59 Å². The molecule has 0 spiro atoms. The van der Waals surface area contributed by atoms with E-state index in [4.69, 9.17) is 4.74 Å². The number of hydrogen-bond donors (Lipinski definition) is 1. The predicted molar refractivity (Wildman–Crippen MR) is 114 cm³/mol. The molecule has 2 heterocycles. The molecular formula is C20H20BrN3O5S. The molecule has 10 heteroatoms. The second kappa shape index (κ2) is 8.37. The standard InChI is InChI=1S/C20H20BrN3O5S/c21-16-4-2-1-3-14(16)11-20(26)23-7-9-24(10-8-23)30(27,28)15-5-6-18-17(12-15)22-19(25)13-29-18/h1-6,12H,7-11,13H2,(H,22,25). The molecule has 0 radical (unpaired) electrons. The van der Waals surface area contributed by atoms with Gasteiger partial charge in [-0.25, -0.2) is 8.42 Å². The van der Waals surface area contributed by atoms with E-state index in [1.54, 1.807) is 11.0 Å². The Hall–Kier alpha value is -2.43. The van der Waals surface area contributed by atoms with Crippen molar-refractivity contribution in [1.82, 2.24) is 9.21 Å². The van der Waals surface area contributed by atoms with E-state index >= 15 is 0 Å². The average Bonchev–Trinajstić information content (AvgIpc) is 2.75. The lowest BCUT2D eigenvalue weighted by molar-refractivity contribution is -0.131. The van der Waals surface area contributed by atoms with Gasteiger partial charge in [-0.1, -0.05) is 34.1 Å². The van der Waals surface area contributed by atoms with Gasteiger partial charge < -0.3 is 15.0 Å². The zero-order valence-electron chi connectivity index (χ0n) is 16.0. The van der Waals surface area contributed by atoms with Crippen LogP contribution in [0.1, 0.15) is 5.56 Å². The molecule has 0 bridgehead atoms. The number of sulfonamides is 1. The maximum absolute atomic E-state index is 13.0. The molecular weight excluding hydrogens is 474 g/mol. The van der Waals surface area contributed by atoms with Gasteiger partial charge in [0, 0.05) is 30.7 Å². The first-order valence-corrected chi connectivity index (χ1v) is 11.7. The van der Waals surface area contributed by atoms with Gasteiger partial charge >= 0.3 is 0 Å². The third kappa shape index (κ3) is 4.21. The number of fused-ring (bicyclic) bond motifs is 1. The van der Waals surface area contributed by atoms with Gasteiger partial charge in [0.2, 0.25) is 15.9 Å². The van der Waals surface area contributed by atoms with E-state index in [9.17, 15) is 18.0 Å². The van der Waals surface area contributed by atoms with Crippen LogP contribution in [0.15, 0.2) is 51.8 Å². The van der Waals surface area contributed by atoms with Crippen LogP contribution >= 0.6 is 15.9 Å². The van der Waals surface area contributed by atoms with Gasteiger partial charge in [-0.15, -0.1) is 0 Å². The Morgan fingerprint density at radius 3 is 2.57 bits per heavy atom. The van der Waals surface area contributed by atoms with Crippen molar-refractivity contribution in [2.45, 2.75) is 11.3 Å². The Morgan fingerprint density at radius 1 is 1.10 bits per heavy atom. The maximum atomic E-state index is 13.0. The SMILES string of the molecule is O=C1COc2ccc(S(=O)(=O)N3CCN(C(=O)Cc4ccccc4Br)CC3)cc2N1. The highest BCUT2D eigenvalue weighted by Gasteiger charge is 2.31. The van der Waals surface area contributed by atoms with Crippen LogP contribution in [-0.4, -0.2) is 62.2 Å². The lowest BCUT2D eigenvalue weighted by Gasteiger charge is -2.34. The Balaban J connectivity index is 1.42. The van der Waals surface area contributed by atoms with Crippen LogP contribution in [0.4, 0.5) is 5.69 Å². The van der Waals surface area contributed by atoms with Crippen LogP contribution in [0.3, 0.4) is 0 Å². The lowest BCUT2D eigenvalue weighted by atomic mass is 10.1. The fourth-order valence-electron chi connectivity index (χ4n) is 3.47. The van der Waals surface area contributed by atoms with Gasteiger partial charge in [0.25, 0.3) is 5.91 Å². The molecule has 0 saturated carbocycles. The smallest absolute Gasteiger partial charge is 0.262 e. The first-order chi connectivity index (χ1) is 14.3. The van der Waals surface area contributed by atoms with E-state index in [0.717, 1.165) is 10.0 Å². The zero-order chi connectivity index (χ0) is 21.3. The van der Waals surface area contributed by atoms with Gasteiger partial charge in [-0.05, 0) is 29.8 Å². The molecule has 2 aromatic carbocycles. The summed E-state index contributed by atoms with van der Waals surface area (Å²) in [5.74, 6) is 0.0813. The van der Waals surface area contributed by atoms with Gasteiger partial charge in [0.1, 0.15) is 5.75 Å². The summed E-state index contributed by atoms with van der Waals surface area (Å²) in [5, 5.41) is 2.62. The summed E-state index contributed by atoms with van der Waals surface area (Å²) >= 11 is 3.45. The third-order valence-corrected chi connectivity index (χ3v) is 7.78. The number of benzene rings is 2. The molecule has 0 aliphatic carbocycles. The van der Waals surface area contributed by atoms with Gasteiger partial charge in [0.15, 0.2) is 6.61 Å². The van der Waals surface area contributed by atoms with Crippen LogP contribution in [0, 0.1) is 0 Å². The van der Waals surface area contributed by atoms with E-state index < -0.39 is 10.0 Å². The van der Waals surface area contributed by atoms with Crippen molar-refractivity contribution in [1.29, 1.82) is 0 Å². The molecule has 8 nitrogen and oxygen atoms in total. The largest absolute Gasteiger partial charge is 0.482 e. The van der Waals surface area contributed by atoms with Crippen molar-refractivity contribution >= 4 is 43.5 Å². The molecule has 2 aliphatic heterocycles. The molecule has 0 unspecified atom stereocenters. The summed E-state index contributed by atoms with van der Waals surface area (Å²) in [7, 11) is -3.75. The van der Waals surface area contributed by atoms with Gasteiger partial charge in [0.05, 0.1) is 17.0 Å². The minimum Gasteiger partial charge on any atom is -0.482 e. The minimum atomic E-state index is -3.75. The molecule has 158 valence electrons. The molecule has 2 aliphatic rings. The number of amides is 2. The highest BCUT2D eigenvalue weighted by atomic mass is 79.9. The number of nitrogens with one attached hydrogen (secondary N) is 1. The molecule has 0 atom stereocenters. The number of piperazine rings is 1. The van der Waals surface area contributed by atoms with Crippen molar-refractivity contribution in [2.24, 2.45) is 0 Å². The van der Waals surface area contributed by atoms with Crippen LogP contribution in [0.2, 0.25) is 0 Å². The molecule has 2 aromatic rings. The Kier molecular flexibility index (Phi) is 5.81. The Bertz CT molecular complexity index is 1100. The number of anilines is 1. The van der Waals surface area contributed by atoms with E-state index in [-0.39, 0.29) is 42.8 Å². The summed E-state index contributed by atoms with van der Waals surface area (Å²) in [6.45, 7) is 0.989. The number of rotatable bonds is 4. The van der Waals surface area contributed by atoms with Crippen LogP contribution in [0.5, 0.6) is 5.75 Å². The Morgan fingerprint density at radius 2 is 1.83 bits per heavy atom. The number of ether oxygens (including phenoxy) is 1. The normalized spacial score (nSPS) is 17.1. The van der Waals surface area contributed by atoms with Crippen molar-refractivity contribution < 1.29 is 22.7 Å². The van der Waals surface area contributed by atoms with E-state index in [0.29, 0.717) is 24.5 Å². The lowest BCUT2D eigenvalue weighted by Crippen LogP contribution is -2.50. The van der Waals surface area contributed by atoms with Crippen LogP contribution < -0.4 is 10.1 Å². The molecule has 30 heavy (non-hydrogen) atoms. The second-order valence-electron chi connectivity index (χ2n) is 7.05. The quantitative estimate of drug-likeness (QED) is 0.700. The summed E-state index contributed by atoms with van der Waals surface area (Å²) in [6.07, 6.45) is 0.263. The maximum Gasteiger partial charge on any atom is 0.262 e. The zero-order valence-corrected chi connectivity index (χ0v) is 18.4. The fourth-order valence-corrected chi connectivity index (χ4v) is 5.34. The molecule has 4 rings (SSSR count). The second-order valence-corrected chi connectivity index (χ2v) is 9.84. The van der Waals surface area contributed by atoms with Crippen LogP contribution in [0.25, 0.3) is 0 Å². The van der Waals surface area contributed by atoms with Crippen molar-refractivity contribution in [3.63, 3.8) is 0 Å². The third-order valence-electron chi connectivity index (χ3n) is 5.11. The predicted octanol–water partition coefficient (Wildman–Crippen LogP) is 1.86. The molecule has 2 amide bonds. The van der Waals surface area contributed by atoms with Crippen molar-refractivity contribution in [2.75, 3.05) is 38.1 Å².